The average molecular weight is 443 g/mol. The number of carbonyl (C=O) groups is 1. The van der Waals surface area contributed by atoms with Gasteiger partial charge in [-0.05, 0) is 17.9 Å². The highest BCUT2D eigenvalue weighted by Crippen LogP contribution is 2.28. The standard InChI is InChI=1S/C17H22N4O4S3/c22-16(19-4-1-5-20(7-6-19)17-18-3-13-27-17)15-14(2-12-26-15)28(23,24)21-8-10-25-11-9-21/h2-3,12-13H,1,4-11H2. The number of hydrogen-bond acceptors (Lipinski definition) is 8. The van der Waals surface area contributed by atoms with Crippen LogP contribution in [-0.2, 0) is 14.8 Å². The first-order chi connectivity index (χ1) is 13.6. The van der Waals surface area contributed by atoms with Gasteiger partial charge in [-0.25, -0.2) is 13.4 Å². The number of ether oxygens (including phenoxy) is 1. The van der Waals surface area contributed by atoms with Crippen LogP contribution in [-0.4, -0.2) is 81.0 Å². The highest BCUT2D eigenvalue weighted by Gasteiger charge is 2.33. The first-order valence-electron chi connectivity index (χ1n) is 9.16. The molecular formula is C17H22N4O4S3. The molecule has 11 heteroatoms. The van der Waals surface area contributed by atoms with E-state index < -0.39 is 10.0 Å². The van der Waals surface area contributed by atoms with Crippen molar-refractivity contribution in [2.24, 2.45) is 0 Å². The molecule has 0 spiro atoms. The number of thiophene rings is 1. The molecule has 2 fully saturated rings. The fourth-order valence-corrected chi connectivity index (χ4v) is 6.88. The van der Waals surface area contributed by atoms with Crippen molar-refractivity contribution in [3.05, 3.63) is 27.9 Å². The molecule has 0 unspecified atom stereocenters. The summed E-state index contributed by atoms with van der Waals surface area (Å²) >= 11 is 2.78. The molecule has 0 radical (unpaired) electrons. The average Bonchev–Trinajstić information content (AvgIpc) is 3.37. The maximum atomic E-state index is 13.2. The van der Waals surface area contributed by atoms with Gasteiger partial charge in [-0.15, -0.1) is 22.7 Å². The Morgan fingerprint density at radius 2 is 1.86 bits per heavy atom. The smallest absolute Gasteiger partial charge is 0.265 e. The Morgan fingerprint density at radius 1 is 1.04 bits per heavy atom. The molecule has 28 heavy (non-hydrogen) atoms. The number of aromatic nitrogens is 1. The molecule has 2 saturated heterocycles. The van der Waals surface area contributed by atoms with Crippen molar-refractivity contribution in [2.75, 3.05) is 57.4 Å². The molecule has 152 valence electrons. The van der Waals surface area contributed by atoms with E-state index in [1.807, 2.05) is 5.38 Å². The summed E-state index contributed by atoms with van der Waals surface area (Å²) in [5, 5.41) is 4.58. The largest absolute Gasteiger partial charge is 0.379 e. The van der Waals surface area contributed by atoms with Crippen molar-refractivity contribution in [2.45, 2.75) is 11.3 Å². The van der Waals surface area contributed by atoms with Gasteiger partial charge in [-0.1, -0.05) is 0 Å². The number of hydrogen-bond donors (Lipinski definition) is 0. The van der Waals surface area contributed by atoms with Crippen molar-refractivity contribution >= 4 is 43.7 Å². The van der Waals surface area contributed by atoms with Gasteiger partial charge in [0, 0.05) is 50.8 Å². The van der Waals surface area contributed by atoms with Crippen LogP contribution in [0.25, 0.3) is 0 Å². The van der Waals surface area contributed by atoms with Gasteiger partial charge in [0.25, 0.3) is 5.91 Å². The second-order valence-corrected chi connectivity index (χ2v) is 10.3. The van der Waals surface area contributed by atoms with Gasteiger partial charge >= 0.3 is 0 Å². The van der Waals surface area contributed by atoms with Crippen LogP contribution in [0.5, 0.6) is 0 Å². The molecule has 4 heterocycles. The van der Waals surface area contributed by atoms with Crippen molar-refractivity contribution < 1.29 is 17.9 Å². The van der Waals surface area contributed by atoms with Crippen molar-refractivity contribution in [3.8, 4) is 0 Å². The van der Waals surface area contributed by atoms with Gasteiger partial charge in [-0.2, -0.15) is 4.31 Å². The van der Waals surface area contributed by atoms with Gasteiger partial charge < -0.3 is 14.5 Å². The van der Waals surface area contributed by atoms with E-state index in [0.29, 0.717) is 50.8 Å². The van der Waals surface area contributed by atoms with Crippen LogP contribution in [0.2, 0.25) is 0 Å². The Hall–Kier alpha value is -1.53. The van der Waals surface area contributed by atoms with Gasteiger partial charge in [0.15, 0.2) is 5.13 Å². The molecule has 0 bridgehead atoms. The zero-order valence-electron chi connectivity index (χ0n) is 15.3. The predicted molar refractivity (Wildman–Crippen MR) is 109 cm³/mol. The third-order valence-electron chi connectivity index (χ3n) is 4.88. The Kier molecular flexibility index (Phi) is 5.97. The molecule has 0 aromatic carbocycles. The molecule has 0 N–H and O–H groups in total. The molecule has 2 aromatic heterocycles. The second kappa shape index (κ2) is 8.46. The van der Waals surface area contributed by atoms with Crippen LogP contribution in [0.15, 0.2) is 27.9 Å². The van der Waals surface area contributed by atoms with E-state index in [9.17, 15) is 13.2 Å². The molecule has 2 aliphatic rings. The van der Waals surface area contributed by atoms with Crippen LogP contribution in [0, 0.1) is 0 Å². The van der Waals surface area contributed by atoms with Crippen LogP contribution < -0.4 is 4.90 Å². The first kappa shape index (κ1) is 19.8. The maximum absolute atomic E-state index is 13.2. The number of amides is 1. The van der Waals surface area contributed by atoms with E-state index in [4.69, 9.17) is 4.74 Å². The zero-order chi connectivity index (χ0) is 19.6. The number of anilines is 1. The van der Waals surface area contributed by atoms with Gasteiger partial charge in [0.05, 0.1) is 13.2 Å². The summed E-state index contributed by atoms with van der Waals surface area (Å²) in [4.78, 5) is 21.9. The Morgan fingerprint density at radius 3 is 2.61 bits per heavy atom. The van der Waals surface area contributed by atoms with E-state index in [0.717, 1.165) is 18.1 Å². The number of carbonyl (C=O) groups excluding carboxylic acids is 1. The highest BCUT2D eigenvalue weighted by molar-refractivity contribution is 7.89. The molecule has 1 amide bonds. The highest BCUT2D eigenvalue weighted by atomic mass is 32.2. The van der Waals surface area contributed by atoms with Crippen molar-refractivity contribution in [3.63, 3.8) is 0 Å². The lowest BCUT2D eigenvalue weighted by Crippen LogP contribution is -2.41. The van der Waals surface area contributed by atoms with Crippen LogP contribution >= 0.6 is 22.7 Å². The summed E-state index contributed by atoms with van der Waals surface area (Å²) in [5.41, 5.74) is 0. The van der Waals surface area contributed by atoms with E-state index >= 15 is 0 Å². The lowest BCUT2D eigenvalue weighted by molar-refractivity contribution is 0.0727. The second-order valence-electron chi connectivity index (χ2n) is 6.58. The van der Waals surface area contributed by atoms with Gasteiger partial charge in [0.1, 0.15) is 9.77 Å². The van der Waals surface area contributed by atoms with Crippen LogP contribution in [0.4, 0.5) is 5.13 Å². The quantitative estimate of drug-likeness (QED) is 0.715. The molecular weight excluding hydrogens is 420 g/mol. The van der Waals surface area contributed by atoms with Crippen molar-refractivity contribution in [1.82, 2.24) is 14.2 Å². The Bertz CT molecular complexity index is 907. The molecule has 0 atom stereocenters. The lowest BCUT2D eigenvalue weighted by atomic mass is 10.3. The molecule has 4 rings (SSSR count). The van der Waals surface area contributed by atoms with Gasteiger partial charge in [-0.3, -0.25) is 4.79 Å². The molecule has 2 aliphatic heterocycles. The lowest BCUT2D eigenvalue weighted by Gasteiger charge is -2.26. The third kappa shape index (κ3) is 3.94. The minimum atomic E-state index is -3.69. The van der Waals surface area contributed by atoms with Crippen LogP contribution in [0.3, 0.4) is 0 Å². The minimum absolute atomic E-state index is 0.116. The van der Waals surface area contributed by atoms with Crippen LogP contribution in [0.1, 0.15) is 16.1 Å². The summed E-state index contributed by atoms with van der Waals surface area (Å²) < 4.78 is 32.7. The van der Waals surface area contributed by atoms with E-state index in [2.05, 4.69) is 9.88 Å². The van der Waals surface area contributed by atoms with E-state index in [1.165, 1.54) is 15.6 Å². The fourth-order valence-electron chi connectivity index (χ4n) is 3.41. The molecule has 0 saturated carbocycles. The SMILES string of the molecule is O=C(c1sccc1S(=O)(=O)N1CCOCC1)N1CCCN(c2nccs2)CC1. The number of morpholine rings is 1. The molecule has 2 aromatic rings. The van der Waals surface area contributed by atoms with Crippen molar-refractivity contribution in [1.29, 1.82) is 0 Å². The summed E-state index contributed by atoms with van der Waals surface area (Å²) in [7, 11) is -3.69. The topological polar surface area (TPSA) is 83.0 Å². The maximum Gasteiger partial charge on any atom is 0.265 e. The summed E-state index contributed by atoms with van der Waals surface area (Å²) in [6, 6.07) is 1.54. The normalized spacial score (nSPS) is 19.6. The number of thiazole rings is 1. The monoisotopic (exact) mass is 442 g/mol. The summed E-state index contributed by atoms with van der Waals surface area (Å²) in [6.45, 7) is 4.08. The zero-order valence-corrected chi connectivity index (χ0v) is 17.8. The summed E-state index contributed by atoms with van der Waals surface area (Å²) in [5.74, 6) is -0.206. The molecule has 0 aliphatic carbocycles. The molecule has 8 nitrogen and oxygen atoms in total. The number of sulfonamides is 1. The van der Waals surface area contributed by atoms with Gasteiger partial charge in [0.2, 0.25) is 10.0 Å². The minimum Gasteiger partial charge on any atom is -0.379 e. The predicted octanol–water partition coefficient (Wildman–Crippen LogP) is 1.58. The number of rotatable bonds is 4. The van der Waals surface area contributed by atoms with E-state index in [-0.39, 0.29) is 10.8 Å². The third-order valence-corrected chi connectivity index (χ3v) is 8.69. The summed E-state index contributed by atoms with van der Waals surface area (Å²) in [6.07, 6.45) is 2.60. The van der Waals surface area contributed by atoms with E-state index in [1.54, 1.807) is 33.9 Å². The first-order valence-corrected chi connectivity index (χ1v) is 12.4. The fraction of sp³-hybridized carbons (Fsp3) is 0.529. The Labute approximate surface area is 172 Å². The Balaban J connectivity index is 1.51. The number of nitrogens with zero attached hydrogens (tertiary/aromatic N) is 4.